The Bertz CT molecular complexity index is 1820. The van der Waals surface area contributed by atoms with E-state index in [1.807, 2.05) is 0 Å². The van der Waals surface area contributed by atoms with Crippen LogP contribution in [0.25, 0.3) is 0 Å². The van der Waals surface area contributed by atoms with E-state index in [1.165, 1.54) is 161 Å². The van der Waals surface area contributed by atoms with Crippen LogP contribution in [0.5, 0.6) is 0 Å². The lowest BCUT2D eigenvalue weighted by molar-refractivity contribution is -0.161. The summed E-state index contributed by atoms with van der Waals surface area (Å²) in [6.45, 7) is 14.1. The fourth-order valence-electron chi connectivity index (χ4n) is 11.0. The van der Waals surface area contributed by atoms with Crippen molar-refractivity contribution in [1.29, 1.82) is 0 Å². The molecule has 17 nitrogen and oxygen atoms in total. The predicted molar refractivity (Wildman–Crippen MR) is 372 cm³/mol. The third-order valence-corrected chi connectivity index (χ3v) is 18.7. The van der Waals surface area contributed by atoms with Crippen molar-refractivity contribution in [2.24, 2.45) is 23.7 Å². The molecule has 0 saturated carbocycles. The van der Waals surface area contributed by atoms with Crippen molar-refractivity contribution in [3.8, 4) is 0 Å². The van der Waals surface area contributed by atoms with Crippen LogP contribution in [0.1, 0.15) is 364 Å². The maximum absolute atomic E-state index is 13.0. The second-order valence-electron chi connectivity index (χ2n) is 28.2. The summed E-state index contributed by atoms with van der Waals surface area (Å²) >= 11 is 0. The van der Waals surface area contributed by atoms with Gasteiger partial charge in [-0.05, 0) is 49.4 Å². The van der Waals surface area contributed by atoms with Crippen LogP contribution >= 0.6 is 15.6 Å². The first-order valence-electron chi connectivity index (χ1n) is 37.7. The number of unbranched alkanes of at least 4 members (excludes halogenated alkanes) is 36. The first-order valence-corrected chi connectivity index (χ1v) is 40.7. The van der Waals surface area contributed by atoms with Gasteiger partial charge in [0, 0.05) is 25.7 Å². The number of rotatable bonds is 70. The summed E-state index contributed by atoms with van der Waals surface area (Å²) in [6, 6.07) is 0. The molecule has 3 N–H and O–H groups in total. The highest BCUT2D eigenvalue weighted by atomic mass is 31.2. The number of phosphoric ester groups is 2. The highest BCUT2D eigenvalue weighted by molar-refractivity contribution is 7.47. The Morgan fingerprint density at radius 1 is 0.272 bits per heavy atom. The second-order valence-corrected chi connectivity index (χ2v) is 31.1. The van der Waals surface area contributed by atoms with Crippen molar-refractivity contribution in [3.05, 3.63) is 0 Å². The summed E-state index contributed by atoms with van der Waals surface area (Å²) in [7, 11) is -9.91. The molecule has 0 aromatic rings. The first kappa shape index (κ1) is 90.1. The Kier molecular flexibility index (Phi) is 61.3. The van der Waals surface area contributed by atoms with Crippen LogP contribution in [0.4, 0.5) is 0 Å². The molecule has 0 radical (unpaired) electrons. The number of aliphatic hydroxyl groups excluding tert-OH is 1. The highest BCUT2D eigenvalue weighted by Gasteiger charge is 2.30. The van der Waals surface area contributed by atoms with Crippen molar-refractivity contribution < 1.29 is 80.2 Å². The zero-order valence-corrected chi connectivity index (χ0v) is 62.0. The fraction of sp³-hybridized carbons (Fsp3) is 0.945. The van der Waals surface area contributed by atoms with Crippen LogP contribution in [0.15, 0.2) is 0 Å². The smallest absolute Gasteiger partial charge is 0.462 e. The average Bonchev–Trinajstić information content (AvgIpc) is 2.09. The van der Waals surface area contributed by atoms with Gasteiger partial charge in [0.05, 0.1) is 26.4 Å². The molecule has 0 aliphatic heterocycles. The standard InChI is InChI=1S/C73H142O17P2/c1-63(2)49-41-33-25-19-15-13-11-9-10-12-14-16-22-30-39-47-55-72(77)89-68(60-84-71(76)54-46-38-31-23-27-35-43-51-65(5)6)61-87-91(79,80)85-57-67(74)58-86-92(81,82)88-62-69(90-73(78)56-48-40-32-24-28-36-44-52-66(7)8)59-83-70(75)53-45-37-29-21-18-17-20-26-34-42-50-64(3)4/h63-69,74H,9-62H2,1-8H3,(H,79,80)(H,81,82)/t67?,68-,69-/m1/s1. The van der Waals surface area contributed by atoms with Crippen molar-refractivity contribution >= 4 is 39.5 Å². The number of esters is 4. The number of phosphoric acid groups is 2. The monoisotopic (exact) mass is 1350 g/mol. The zero-order valence-electron chi connectivity index (χ0n) is 60.2. The van der Waals surface area contributed by atoms with Gasteiger partial charge < -0.3 is 33.8 Å². The first-order chi connectivity index (χ1) is 44.1. The van der Waals surface area contributed by atoms with Gasteiger partial charge in [-0.2, -0.15) is 0 Å². The molecule has 5 atom stereocenters. The van der Waals surface area contributed by atoms with Crippen LogP contribution < -0.4 is 0 Å². The Hall–Kier alpha value is -1.94. The van der Waals surface area contributed by atoms with Gasteiger partial charge in [-0.15, -0.1) is 0 Å². The van der Waals surface area contributed by atoms with Gasteiger partial charge in [0.1, 0.15) is 19.3 Å². The number of hydrogen-bond donors (Lipinski definition) is 3. The van der Waals surface area contributed by atoms with E-state index >= 15 is 0 Å². The molecule has 92 heavy (non-hydrogen) atoms. The van der Waals surface area contributed by atoms with E-state index in [1.54, 1.807) is 0 Å². The number of carbonyl (C=O) groups is 4. The minimum absolute atomic E-state index is 0.103. The topological polar surface area (TPSA) is 237 Å². The summed E-state index contributed by atoms with van der Waals surface area (Å²) in [5.74, 6) is 0.840. The van der Waals surface area contributed by atoms with E-state index < -0.39 is 97.5 Å². The molecule has 0 spiro atoms. The molecule has 0 amide bonds. The summed E-state index contributed by atoms with van der Waals surface area (Å²) in [5, 5.41) is 10.6. The van der Waals surface area contributed by atoms with E-state index in [4.69, 9.17) is 37.0 Å². The molecule has 0 aromatic heterocycles. The molecule has 0 aliphatic rings. The SMILES string of the molecule is CC(C)CCCCCCCCCCCCCCCCCCC(=O)O[C@H](COC(=O)CCCCCCCCCC(C)C)COP(=O)(O)OCC(O)COP(=O)(O)OC[C@@H](COC(=O)CCCCCCCCCCCCC(C)C)OC(=O)CCCCCCCCCC(C)C. The summed E-state index contributed by atoms with van der Waals surface area (Å²) in [5.41, 5.74) is 0. The number of ether oxygens (including phenoxy) is 4. The molecule has 0 aromatic carbocycles. The Morgan fingerprint density at radius 2 is 0.457 bits per heavy atom. The predicted octanol–water partition coefficient (Wildman–Crippen LogP) is 20.9. The van der Waals surface area contributed by atoms with Crippen molar-refractivity contribution in [2.45, 2.75) is 382 Å². The van der Waals surface area contributed by atoms with E-state index in [0.29, 0.717) is 37.5 Å². The van der Waals surface area contributed by atoms with Gasteiger partial charge in [0.25, 0.3) is 0 Å². The third-order valence-electron chi connectivity index (χ3n) is 16.8. The van der Waals surface area contributed by atoms with Crippen LogP contribution in [0, 0.1) is 23.7 Å². The largest absolute Gasteiger partial charge is 0.472 e. The molecular formula is C73H142O17P2. The lowest BCUT2D eigenvalue weighted by Gasteiger charge is -2.21. The highest BCUT2D eigenvalue weighted by Crippen LogP contribution is 2.45. The minimum atomic E-state index is -4.95. The van der Waals surface area contributed by atoms with Crippen LogP contribution in [-0.2, 0) is 65.4 Å². The molecule has 0 heterocycles. The van der Waals surface area contributed by atoms with E-state index in [0.717, 1.165) is 108 Å². The fourth-order valence-corrected chi connectivity index (χ4v) is 12.6. The zero-order chi connectivity index (χ0) is 68.2. The molecule has 19 heteroatoms. The third kappa shape index (κ3) is 66.7. The van der Waals surface area contributed by atoms with Crippen LogP contribution in [-0.4, -0.2) is 96.7 Å². The van der Waals surface area contributed by atoms with Crippen molar-refractivity contribution in [1.82, 2.24) is 0 Å². The van der Waals surface area contributed by atoms with Gasteiger partial charge in [-0.25, -0.2) is 9.13 Å². The molecule has 0 bridgehead atoms. The van der Waals surface area contributed by atoms with Gasteiger partial charge in [0.2, 0.25) is 0 Å². The maximum atomic E-state index is 13.0. The summed E-state index contributed by atoms with van der Waals surface area (Å²) in [6.07, 6.45) is 46.1. The molecular weight excluding hydrogens is 1210 g/mol. The van der Waals surface area contributed by atoms with Crippen LogP contribution in [0.3, 0.4) is 0 Å². The normalized spacial score (nSPS) is 14.2. The van der Waals surface area contributed by atoms with E-state index in [2.05, 4.69) is 55.4 Å². The van der Waals surface area contributed by atoms with Gasteiger partial charge >= 0.3 is 39.5 Å². The molecule has 546 valence electrons. The summed E-state index contributed by atoms with van der Waals surface area (Å²) in [4.78, 5) is 72.6. The second kappa shape index (κ2) is 62.6. The Labute approximate surface area is 562 Å². The van der Waals surface area contributed by atoms with Crippen molar-refractivity contribution in [3.63, 3.8) is 0 Å². The quantitative estimate of drug-likeness (QED) is 0.0222. The molecule has 0 fully saturated rings. The number of hydrogen-bond acceptors (Lipinski definition) is 15. The molecule has 0 saturated heterocycles. The lowest BCUT2D eigenvalue weighted by Crippen LogP contribution is -2.30. The van der Waals surface area contributed by atoms with Gasteiger partial charge in [0.15, 0.2) is 12.2 Å². The number of aliphatic hydroxyl groups is 1. The Morgan fingerprint density at radius 3 is 0.674 bits per heavy atom. The maximum Gasteiger partial charge on any atom is 0.472 e. The van der Waals surface area contributed by atoms with Gasteiger partial charge in [-0.1, -0.05) is 312 Å². The van der Waals surface area contributed by atoms with E-state index in [9.17, 15) is 43.2 Å². The Balaban J connectivity index is 5.20. The molecule has 0 aliphatic carbocycles. The number of carbonyl (C=O) groups excluding carboxylic acids is 4. The summed E-state index contributed by atoms with van der Waals surface area (Å²) < 4.78 is 68.3. The minimum Gasteiger partial charge on any atom is -0.462 e. The van der Waals surface area contributed by atoms with Crippen LogP contribution in [0.2, 0.25) is 0 Å². The van der Waals surface area contributed by atoms with Crippen molar-refractivity contribution in [2.75, 3.05) is 39.6 Å². The molecule has 3 unspecified atom stereocenters. The average molecular weight is 1350 g/mol. The lowest BCUT2D eigenvalue weighted by atomic mass is 10.0. The van der Waals surface area contributed by atoms with E-state index in [-0.39, 0.29) is 25.7 Å². The van der Waals surface area contributed by atoms with Gasteiger partial charge in [-0.3, -0.25) is 37.3 Å². The molecule has 0 rings (SSSR count).